The molecule has 2 aromatic heterocycles. The lowest BCUT2D eigenvalue weighted by Crippen LogP contribution is -2.37. The third kappa shape index (κ3) is 5.16. The number of halogens is 3. The summed E-state index contributed by atoms with van der Waals surface area (Å²) in [5.74, 6) is 0.754. The Kier molecular flexibility index (Phi) is 7.65. The van der Waals surface area contributed by atoms with E-state index in [4.69, 9.17) is 0 Å². The van der Waals surface area contributed by atoms with Crippen molar-refractivity contribution in [2.75, 3.05) is 7.05 Å². The van der Waals surface area contributed by atoms with Gasteiger partial charge in [0.25, 0.3) is 0 Å². The van der Waals surface area contributed by atoms with Crippen LogP contribution in [0.3, 0.4) is 0 Å². The average molecular weight is 442 g/mol. The van der Waals surface area contributed by atoms with Crippen LogP contribution in [0.15, 0.2) is 22.8 Å². The summed E-state index contributed by atoms with van der Waals surface area (Å²) in [5.41, 5.74) is 0.971. The van der Waals surface area contributed by atoms with E-state index in [1.54, 1.807) is 18.4 Å². The smallest absolute Gasteiger partial charge is 0.319 e. The van der Waals surface area contributed by atoms with Crippen molar-refractivity contribution >= 4 is 41.3 Å². The molecule has 2 aromatic rings. The molecule has 0 aromatic carbocycles. The van der Waals surface area contributed by atoms with Gasteiger partial charge in [-0.05, 0) is 6.92 Å². The number of imidazole rings is 1. The highest BCUT2D eigenvalue weighted by Crippen LogP contribution is 2.12. The van der Waals surface area contributed by atoms with Gasteiger partial charge in [0.1, 0.15) is 10.8 Å². The highest BCUT2D eigenvalue weighted by molar-refractivity contribution is 14.0. The fraction of sp³-hybridized carbons (Fsp3) is 0.417. The summed E-state index contributed by atoms with van der Waals surface area (Å²) in [6.07, 6.45) is 2.59. The third-order valence-electron chi connectivity index (χ3n) is 2.67. The Morgan fingerprint density at radius 3 is 2.73 bits per heavy atom. The highest BCUT2D eigenvalue weighted by atomic mass is 127. The van der Waals surface area contributed by atoms with Crippen molar-refractivity contribution in [3.8, 4) is 0 Å². The van der Waals surface area contributed by atoms with Gasteiger partial charge >= 0.3 is 6.55 Å². The van der Waals surface area contributed by atoms with Crippen LogP contribution < -0.4 is 10.6 Å². The van der Waals surface area contributed by atoms with Crippen LogP contribution in [0.2, 0.25) is 0 Å². The van der Waals surface area contributed by atoms with Crippen LogP contribution in [0.5, 0.6) is 0 Å². The lowest BCUT2D eigenvalue weighted by atomic mass is 10.5. The second kappa shape index (κ2) is 8.98. The fourth-order valence-electron chi connectivity index (χ4n) is 1.69. The summed E-state index contributed by atoms with van der Waals surface area (Å²) >= 11 is 1.55. The van der Waals surface area contributed by atoms with E-state index in [0.717, 1.165) is 15.3 Å². The first-order valence-corrected chi connectivity index (χ1v) is 7.13. The van der Waals surface area contributed by atoms with Gasteiger partial charge in [-0.25, -0.2) is 9.97 Å². The van der Waals surface area contributed by atoms with Crippen molar-refractivity contribution < 1.29 is 8.78 Å². The maximum Gasteiger partial charge on any atom is 0.319 e. The Morgan fingerprint density at radius 2 is 2.14 bits per heavy atom. The summed E-state index contributed by atoms with van der Waals surface area (Å²) in [4.78, 5) is 12.2. The minimum absolute atomic E-state index is 0. The first kappa shape index (κ1) is 18.7. The van der Waals surface area contributed by atoms with E-state index in [0.29, 0.717) is 12.5 Å². The summed E-state index contributed by atoms with van der Waals surface area (Å²) in [5, 5.41) is 8.92. The highest BCUT2D eigenvalue weighted by Gasteiger charge is 2.11. The summed E-state index contributed by atoms with van der Waals surface area (Å²) in [6.45, 7) is 0.0182. The van der Waals surface area contributed by atoms with Crippen molar-refractivity contribution in [2.24, 2.45) is 4.99 Å². The van der Waals surface area contributed by atoms with Crippen molar-refractivity contribution in [1.82, 2.24) is 25.2 Å². The molecule has 0 aliphatic rings. The number of aliphatic imine (C=N–C) groups is 1. The van der Waals surface area contributed by atoms with Gasteiger partial charge in [0.15, 0.2) is 5.96 Å². The van der Waals surface area contributed by atoms with E-state index in [1.807, 2.05) is 12.3 Å². The quantitative estimate of drug-likeness (QED) is 0.425. The predicted molar refractivity (Wildman–Crippen MR) is 92.8 cm³/mol. The van der Waals surface area contributed by atoms with Crippen LogP contribution in [0.1, 0.15) is 23.1 Å². The van der Waals surface area contributed by atoms with E-state index >= 15 is 0 Å². The number of hydrogen-bond acceptors (Lipinski definition) is 4. The molecule has 6 nitrogen and oxygen atoms in total. The number of thiazole rings is 1. The number of guanidine groups is 1. The number of aromatic nitrogens is 3. The minimum Gasteiger partial charge on any atom is -0.350 e. The fourth-order valence-corrected chi connectivity index (χ4v) is 2.40. The second-order valence-electron chi connectivity index (χ2n) is 4.19. The predicted octanol–water partition coefficient (Wildman–Crippen LogP) is 2.53. The van der Waals surface area contributed by atoms with Crippen LogP contribution in [-0.2, 0) is 13.1 Å². The number of nitrogens with one attached hydrogen (secondary N) is 2. The maximum absolute atomic E-state index is 12.7. The second-order valence-corrected chi connectivity index (χ2v) is 5.13. The number of rotatable bonds is 5. The first-order chi connectivity index (χ1) is 10.1. The molecular formula is C12H17F2IN6S. The molecule has 10 heteroatoms. The maximum atomic E-state index is 12.7. The van der Waals surface area contributed by atoms with Gasteiger partial charge in [0.2, 0.25) is 0 Å². The van der Waals surface area contributed by atoms with Crippen LogP contribution >= 0.6 is 35.3 Å². The molecule has 0 amide bonds. The lowest BCUT2D eigenvalue weighted by Gasteiger charge is -2.11. The van der Waals surface area contributed by atoms with E-state index in [-0.39, 0.29) is 36.3 Å². The molecule has 122 valence electrons. The molecule has 2 rings (SSSR count). The number of hydrogen-bond donors (Lipinski definition) is 2. The van der Waals surface area contributed by atoms with Gasteiger partial charge in [0.05, 0.1) is 13.1 Å². The topological polar surface area (TPSA) is 67.1 Å². The molecule has 0 bridgehead atoms. The van der Waals surface area contributed by atoms with Crippen molar-refractivity contribution in [2.45, 2.75) is 26.6 Å². The monoisotopic (exact) mass is 442 g/mol. The Balaban J connectivity index is 0.00000242. The van der Waals surface area contributed by atoms with Gasteiger partial charge in [0, 0.05) is 30.5 Å². The van der Waals surface area contributed by atoms with Gasteiger partial charge in [-0.3, -0.25) is 9.56 Å². The van der Waals surface area contributed by atoms with E-state index in [9.17, 15) is 8.78 Å². The molecule has 0 unspecified atom stereocenters. The van der Waals surface area contributed by atoms with Crippen molar-refractivity contribution in [3.05, 3.63) is 34.3 Å². The molecule has 22 heavy (non-hydrogen) atoms. The van der Waals surface area contributed by atoms with Crippen molar-refractivity contribution in [3.63, 3.8) is 0 Å². The average Bonchev–Trinajstić information content (AvgIpc) is 3.08. The SMILES string of the molecule is CN=C(NCc1nc(C)cs1)NCc1nccn1C(F)F.I. The molecule has 0 fully saturated rings. The van der Waals surface area contributed by atoms with E-state index < -0.39 is 6.55 Å². The standard InChI is InChI=1S/C12H16F2N6S.HI/c1-8-7-21-10(19-8)6-18-12(15-2)17-5-9-16-3-4-20(9)11(13)14;/h3-4,7,11H,5-6H2,1-2H3,(H2,15,17,18);1H. The third-order valence-corrected chi connectivity index (χ3v) is 3.64. The zero-order valence-electron chi connectivity index (χ0n) is 12.1. The van der Waals surface area contributed by atoms with Crippen LogP contribution in [0, 0.1) is 6.92 Å². The zero-order chi connectivity index (χ0) is 15.2. The number of nitrogens with zero attached hydrogens (tertiary/aromatic N) is 4. The summed E-state index contributed by atoms with van der Waals surface area (Å²) in [7, 11) is 1.61. The molecule has 0 saturated carbocycles. The van der Waals surface area contributed by atoms with Gasteiger partial charge in [-0.2, -0.15) is 8.78 Å². The molecule has 2 heterocycles. The molecule has 0 aliphatic heterocycles. The summed E-state index contributed by atoms with van der Waals surface area (Å²) in [6, 6.07) is 0. The Hall–Kier alpha value is -1.30. The van der Waals surface area contributed by atoms with Gasteiger partial charge < -0.3 is 10.6 Å². The van der Waals surface area contributed by atoms with Gasteiger partial charge in [-0.1, -0.05) is 0 Å². The normalized spacial score (nSPS) is 11.4. The molecule has 0 atom stereocenters. The molecular weight excluding hydrogens is 425 g/mol. The van der Waals surface area contributed by atoms with Gasteiger partial charge in [-0.15, -0.1) is 35.3 Å². The molecule has 0 saturated heterocycles. The molecule has 0 spiro atoms. The minimum atomic E-state index is -2.60. The Bertz CT molecular complexity index is 612. The van der Waals surface area contributed by atoms with Crippen LogP contribution in [-0.4, -0.2) is 27.5 Å². The summed E-state index contributed by atoms with van der Waals surface area (Å²) < 4.78 is 26.2. The number of alkyl halides is 2. The Labute approximate surface area is 148 Å². The zero-order valence-corrected chi connectivity index (χ0v) is 15.2. The molecule has 2 N–H and O–H groups in total. The Morgan fingerprint density at radius 1 is 1.41 bits per heavy atom. The first-order valence-electron chi connectivity index (χ1n) is 6.25. The van der Waals surface area contributed by atoms with Crippen molar-refractivity contribution in [1.29, 1.82) is 0 Å². The molecule has 0 radical (unpaired) electrons. The van der Waals surface area contributed by atoms with E-state index in [2.05, 4.69) is 25.6 Å². The molecule has 0 aliphatic carbocycles. The van der Waals surface area contributed by atoms with Crippen LogP contribution in [0.4, 0.5) is 8.78 Å². The van der Waals surface area contributed by atoms with E-state index in [1.165, 1.54) is 12.4 Å². The lowest BCUT2D eigenvalue weighted by molar-refractivity contribution is 0.0668. The largest absolute Gasteiger partial charge is 0.350 e. The number of aryl methyl sites for hydroxylation is 1. The van der Waals surface area contributed by atoms with Crippen LogP contribution in [0.25, 0.3) is 0 Å².